The van der Waals surface area contributed by atoms with Crippen molar-refractivity contribution in [3.63, 3.8) is 0 Å². The summed E-state index contributed by atoms with van der Waals surface area (Å²) in [6.07, 6.45) is 6.64. The molecule has 0 saturated carbocycles. The van der Waals surface area contributed by atoms with Gasteiger partial charge >= 0.3 is 0 Å². The van der Waals surface area contributed by atoms with Gasteiger partial charge < -0.3 is 4.98 Å². The van der Waals surface area contributed by atoms with E-state index in [0.29, 0.717) is 6.04 Å². The highest BCUT2D eigenvalue weighted by Crippen LogP contribution is 2.18. The highest BCUT2D eigenvalue weighted by molar-refractivity contribution is 7.99. The molecule has 1 heterocycles. The van der Waals surface area contributed by atoms with Crippen molar-refractivity contribution < 1.29 is 0 Å². The highest BCUT2D eigenvalue weighted by atomic mass is 32.2. The summed E-state index contributed by atoms with van der Waals surface area (Å²) in [5.41, 5.74) is -0.399. The van der Waals surface area contributed by atoms with Crippen molar-refractivity contribution in [1.82, 2.24) is 15.3 Å². The van der Waals surface area contributed by atoms with E-state index in [2.05, 4.69) is 35.2 Å². The average molecular weight is 266 g/mol. The van der Waals surface area contributed by atoms with Gasteiger partial charge in [0.15, 0.2) is 5.16 Å². The van der Waals surface area contributed by atoms with Gasteiger partial charge in [-0.1, -0.05) is 11.8 Å². The molecule has 18 heavy (non-hydrogen) atoms. The second kappa shape index (κ2) is 7.45. The molecule has 0 fully saturated rings. The first-order valence-electron chi connectivity index (χ1n) is 6.37. The fraction of sp³-hybridized carbons (Fsp3) is 0.692. The molecule has 1 unspecified atom stereocenters. The lowest BCUT2D eigenvalue weighted by molar-refractivity contribution is 0.372. The zero-order valence-electron chi connectivity index (χ0n) is 11.4. The van der Waals surface area contributed by atoms with Crippen LogP contribution in [0.2, 0.25) is 0 Å². The Labute approximate surface area is 114 Å². The topological polar surface area (TPSA) is 64.5 Å². The third-order valence-corrected chi connectivity index (χ3v) is 3.63. The fourth-order valence-corrected chi connectivity index (χ4v) is 2.71. The molecule has 0 aliphatic heterocycles. The second-order valence-electron chi connectivity index (χ2n) is 4.94. The van der Waals surface area contributed by atoms with Crippen LogP contribution in [0.3, 0.4) is 0 Å². The standard InChI is InChI=1S/C13H22N4S/c1-11(2)17-13(3,10-14)6-4-5-9-18-12-15-7-8-16-12/h7-8,11,17H,4-6,9H2,1-3H3,(H,15,16). The maximum Gasteiger partial charge on any atom is 0.165 e. The zero-order chi connectivity index (χ0) is 13.4. The van der Waals surface area contributed by atoms with Crippen molar-refractivity contribution in [2.45, 2.75) is 56.8 Å². The maximum atomic E-state index is 9.21. The molecule has 1 rings (SSSR count). The number of aromatic nitrogens is 2. The van der Waals surface area contributed by atoms with Crippen LogP contribution in [0, 0.1) is 11.3 Å². The molecule has 0 aliphatic rings. The number of unbranched alkanes of at least 4 members (excludes halogenated alkanes) is 1. The Hall–Kier alpha value is -0.990. The van der Waals surface area contributed by atoms with Gasteiger partial charge in [0.2, 0.25) is 0 Å². The Bertz CT molecular complexity index is 369. The zero-order valence-corrected chi connectivity index (χ0v) is 12.2. The summed E-state index contributed by atoms with van der Waals surface area (Å²) in [7, 11) is 0. The molecule has 4 nitrogen and oxygen atoms in total. The van der Waals surface area contributed by atoms with Crippen LogP contribution in [0.5, 0.6) is 0 Å². The van der Waals surface area contributed by atoms with Gasteiger partial charge in [-0.15, -0.1) is 0 Å². The normalized spacial score (nSPS) is 14.4. The van der Waals surface area contributed by atoms with Gasteiger partial charge in [0, 0.05) is 24.2 Å². The Morgan fingerprint density at radius 1 is 1.56 bits per heavy atom. The van der Waals surface area contributed by atoms with Gasteiger partial charge in [0.05, 0.1) is 6.07 Å². The Morgan fingerprint density at radius 2 is 2.33 bits per heavy atom. The maximum absolute atomic E-state index is 9.21. The molecule has 0 saturated heterocycles. The number of nitrogens with zero attached hydrogens (tertiary/aromatic N) is 2. The highest BCUT2D eigenvalue weighted by Gasteiger charge is 2.23. The number of thioether (sulfide) groups is 1. The van der Waals surface area contributed by atoms with Crippen LogP contribution in [0.15, 0.2) is 17.6 Å². The van der Waals surface area contributed by atoms with Gasteiger partial charge in [-0.3, -0.25) is 5.32 Å². The summed E-state index contributed by atoms with van der Waals surface area (Å²) in [4.78, 5) is 7.23. The van der Waals surface area contributed by atoms with Crippen molar-refractivity contribution in [2.24, 2.45) is 0 Å². The molecule has 100 valence electrons. The lowest BCUT2D eigenvalue weighted by Crippen LogP contribution is -2.44. The molecule has 2 N–H and O–H groups in total. The largest absolute Gasteiger partial charge is 0.340 e. The number of imidazole rings is 1. The molecule has 0 bridgehead atoms. The smallest absolute Gasteiger partial charge is 0.165 e. The van der Waals surface area contributed by atoms with E-state index < -0.39 is 5.54 Å². The molecule has 0 amide bonds. The summed E-state index contributed by atoms with van der Waals surface area (Å²) in [5.74, 6) is 1.04. The monoisotopic (exact) mass is 266 g/mol. The van der Waals surface area contributed by atoms with Crippen molar-refractivity contribution in [3.8, 4) is 6.07 Å². The minimum absolute atomic E-state index is 0.340. The summed E-state index contributed by atoms with van der Waals surface area (Å²) in [6, 6.07) is 2.72. The van der Waals surface area contributed by atoms with E-state index in [-0.39, 0.29) is 0 Å². The Kier molecular flexibility index (Phi) is 6.23. The SMILES string of the molecule is CC(C)NC(C)(C#N)CCCCSc1ncc[nH]1. The van der Waals surface area contributed by atoms with Crippen LogP contribution >= 0.6 is 11.8 Å². The Balaban J connectivity index is 2.18. The van der Waals surface area contributed by atoms with Gasteiger partial charge in [0.25, 0.3) is 0 Å². The molecule has 1 aromatic rings. The number of hydrogen-bond acceptors (Lipinski definition) is 4. The summed E-state index contributed by atoms with van der Waals surface area (Å²) in [6.45, 7) is 6.12. The number of nitrogens with one attached hydrogen (secondary N) is 2. The van der Waals surface area contributed by atoms with Crippen molar-refractivity contribution in [3.05, 3.63) is 12.4 Å². The molecule has 5 heteroatoms. The third kappa shape index (κ3) is 5.56. The number of rotatable bonds is 8. The number of nitriles is 1. The summed E-state index contributed by atoms with van der Waals surface area (Å²) < 4.78 is 0. The van der Waals surface area contributed by atoms with Crippen molar-refractivity contribution >= 4 is 11.8 Å². The van der Waals surface area contributed by atoms with E-state index in [4.69, 9.17) is 0 Å². The van der Waals surface area contributed by atoms with Crippen molar-refractivity contribution in [1.29, 1.82) is 5.26 Å². The first-order chi connectivity index (χ1) is 8.56. The van der Waals surface area contributed by atoms with Crippen LogP contribution in [0.4, 0.5) is 0 Å². The minimum atomic E-state index is -0.399. The van der Waals surface area contributed by atoms with E-state index in [0.717, 1.165) is 30.2 Å². The lowest BCUT2D eigenvalue weighted by atomic mass is 9.96. The van der Waals surface area contributed by atoms with Crippen LogP contribution in [-0.2, 0) is 0 Å². The van der Waals surface area contributed by atoms with E-state index in [1.807, 2.05) is 13.1 Å². The van der Waals surface area contributed by atoms with E-state index in [9.17, 15) is 5.26 Å². The predicted octanol–water partition coefficient (Wildman–Crippen LogP) is 2.95. The van der Waals surface area contributed by atoms with Crippen LogP contribution in [0.1, 0.15) is 40.0 Å². The number of aromatic amines is 1. The minimum Gasteiger partial charge on any atom is -0.340 e. The molecular formula is C13H22N4S. The van der Waals surface area contributed by atoms with Gasteiger partial charge in [-0.05, 0) is 40.0 Å². The Morgan fingerprint density at radius 3 is 2.89 bits per heavy atom. The number of H-pyrrole nitrogens is 1. The number of hydrogen-bond donors (Lipinski definition) is 2. The predicted molar refractivity (Wildman–Crippen MR) is 75.5 cm³/mol. The van der Waals surface area contributed by atoms with Gasteiger partial charge in [0.1, 0.15) is 5.54 Å². The van der Waals surface area contributed by atoms with Crippen LogP contribution in [0.25, 0.3) is 0 Å². The molecule has 0 aromatic carbocycles. The molecule has 0 aliphatic carbocycles. The molecular weight excluding hydrogens is 244 g/mol. The van der Waals surface area contributed by atoms with E-state index in [1.165, 1.54) is 0 Å². The third-order valence-electron chi connectivity index (χ3n) is 2.64. The van der Waals surface area contributed by atoms with Gasteiger partial charge in [-0.2, -0.15) is 5.26 Å². The summed E-state index contributed by atoms with van der Waals surface area (Å²) >= 11 is 1.73. The second-order valence-corrected chi connectivity index (χ2v) is 6.03. The summed E-state index contributed by atoms with van der Waals surface area (Å²) in [5, 5.41) is 13.5. The molecule has 1 atom stereocenters. The molecule has 0 spiro atoms. The molecule has 0 radical (unpaired) electrons. The van der Waals surface area contributed by atoms with E-state index in [1.54, 1.807) is 18.0 Å². The first-order valence-corrected chi connectivity index (χ1v) is 7.35. The van der Waals surface area contributed by atoms with Crippen LogP contribution in [-0.4, -0.2) is 27.3 Å². The van der Waals surface area contributed by atoms with Gasteiger partial charge in [-0.25, -0.2) is 4.98 Å². The fourth-order valence-electron chi connectivity index (χ4n) is 1.88. The average Bonchev–Trinajstić information content (AvgIpc) is 2.80. The quantitative estimate of drug-likeness (QED) is 0.561. The van der Waals surface area contributed by atoms with Crippen molar-refractivity contribution in [2.75, 3.05) is 5.75 Å². The first kappa shape index (κ1) is 15.1. The lowest BCUT2D eigenvalue weighted by Gasteiger charge is -2.25. The van der Waals surface area contributed by atoms with Crippen LogP contribution < -0.4 is 5.32 Å². The molecule has 1 aromatic heterocycles. The van der Waals surface area contributed by atoms with E-state index >= 15 is 0 Å².